The van der Waals surface area contributed by atoms with Crippen molar-refractivity contribution in [1.82, 2.24) is 24.5 Å². The van der Waals surface area contributed by atoms with Crippen LogP contribution in [0.15, 0.2) is 66.0 Å². The van der Waals surface area contributed by atoms with Gasteiger partial charge in [0.05, 0.1) is 32.6 Å². The van der Waals surface area contributed by atoms with Crippen LogP contribution < -0.4 is 15.2 Å². The van der Waals surface area contributed by atoms with Gasteiger partial charge in [-0.1, -0.05) is 12.1 Å². The normalized spacial score (nSPS) is 10.8. The predicted octanol–water partition coefficient (Wildman–Crippen LogP) is 2.49. The Kier molecular flexibility index (Phi) is 4.67. The third kappa shape index (κ3) is 3.27. The van der Waals surface area contributed by atoms with Crippen molar-refractivity contribution in [1.29, 1.82) is 0 Å². The van der Waals surface area contributed by atoms with Gasteiger partial charge in [0.2, 0.25) is 0 Å². The van der Waals surface area contributed by atoms with Crippen LogP contribution in [0, 0.1) is 0 Å². The molecule has 142 valence electrons. The Morgan fingerprint density at radius 3 is 2.75 bits per heavy atom. The van der Waals surface area contributed by atoms with E-state index in [1.54, 1.807) is 37.2 Å². The predicted molar refractivity (Wildman–Crippen MR) is 104 cm³/mol. The summed E-state index contributed by atoms with van der Waals surface area (Å²) in [5.41, 5.74) is 3.12. The summed E-state index contributed by atoms with van der Waals surface area (Å²) in [6.45, 7) is 0.403. The van der Waals surface area contributed by atoms with Gasteiger partial charge < -0.3 is 9.47 Å². The summed E-state index contributed by atoms with van der Waals surface area (Å²) in [4.78, 5) is 12.8. The van der Waals surface area contributed by atoms with E-state index in [1.165, 1.54) is 11.0 Å². The molecule has 0 aliphatic rings. The van der Waals surface area contributed by atoms with E-state index in [2.05, 4.69) is 15.3 Å². The van der Waals surface area contributed by atoms with Crippen LogP contribution in [0.4, 0.5) is 0 Å². The number of hydrogen-bond donors (Lipinski definition) is 1. The van der Waals surface area contributed by atoms with Crippen molar-refractivity contribution in [3.8, 4) is 28.3 Å². The minimum atomic E-state index is -0.235. The third-order valence-corrected chi connectivity index (χ3v) is 4.46. The summed E-state index contributed by atoms with van der Waals surface area (Å²) < 4.78 is 13.6. The van der Waals surface area contributed by atoms with Gasteiger partial charge in [0, 0.05) is 23.4 Å². The van der Waals surface area contributed by atoms with Gasteiger partial charge in [-0.15, -0.1) is 0 Å². The fraction of sp³-hybridized carbons (Fsp3) is 0.150. The monoisotopic (exact) mass is 377 g/mol. The van der Waals surface area contributed by atoms with Gasteiger partial charge in [-0.3, -0.25) is 9.67 Å². The second-order valence-electron chi connectivity index (χ2n) is 6.18. The van der Waals surface area contributed by atoms with Crippen molar-refractivity contribution >= 4 is 0 Å². The van der Waals surface area contributed by atoms with Crippen LogP contribution in [0.5, 0.6) is 11.5 Å². The van der Waals surface area contributed by atoms with Gasteiger partial charge in [-0.2, -0.15) is 14.9 Å². The van der Waals surface area contributed by atoms with E-state index in [-0.39, 0.29) is 5.69 Å². The molecule has 2 heterocycles. The molecule has 2 aromatic heterocycles. The Balaban J connectivity index is 1.66. The average Bonchev–Trinajstić information content (AvgIpc) is 3.38. The van der Waals surface area contributed by atoms with Crippen LogP contribution in [0.2, 0.25) is 0 Å². The van der Waals surface area contributed by atoms with Crippen molar-refractivity contribution in [3.05, 3.63) is 77.2 Å². The molecule has 4 aromatic rings. The molecule has 0 atom stereocenters. The second-order valence-corrected chi connectivity index (χ2v) is 6.18. The molecule has 0 unspecified atom stereocenters. The number of aromatic amines is 1. The summed E-state index contributed by atoms with van der Waals surface area (Å²) in [6, 6.07) is 13.1. The van der Waals surface area contributed by atoms with Crippen molar-refractivity contribution in [2.45, 2.75) is 6.54 Å². The highest BCUT2D eigenvalue weighted by molar-refractivity contribution is 5.70. The fourth-order valence-electron chi connectivity index (χ4n) is 3.04. The van der Waals surface area contributed by atoms with E-state index in [0.717, 1.165) is 22.4 Å². The van der Waals surface area contributed by atoms with E-state index in [1.807, 2.05) is 36.4 Å². The summed E-state index contributed by atoms with van der Waals surface area (Å²) >= 11 is 0. The molecular weight excluding hydrogens is 358 g/mol. The Labute approximate surface area is 161 Å². The van der Waals surface area contributed by atoms with Gasteiger partial charge in [0.1, 0.15) is 17.8 Å². The molecule has 28 heavy (non-hydrogen) atoms. The molecule has 4 rings (SSSR count). The van der Waals surface area contributed by atoms with Gasteiger partial charge in [-0.05, 0) is 29.8 Å². The number of ether oxygens (including phenoxy) is 2. The van der Waals surface area contributed by atoms with Gasteiger partial charge in [-0.25, -0.2) is 4.79 Å². The lowest BCUT2D eigenvalue weighted by molar-refractivity contribution is 0.414. The SMILES string of the molecule is COc1cccc(Cn2cnn(-c3ccc(-c4cn[nH]c4)c(OC)c3)c2=O)c1. The summed E-state index contributed by atoms with van der Waals surface area (Å²) in [5, 5.41) is 11.0. The highest BCUT2D eigenvalue weighted by Crippen LogP contribution is 2.30. The van der Waals surface area contributed by atoms with Crippen LogP contribution in [0.1, 0.15) is 5.56 Å². The number of methoxy groups -OCH3 is 2. The van der Waals surface area contributed by atoms with Crippen LogP contribution >= 0.6 is 0 Å². The molecule has 0 aliphatic heterocycles. The molecule has 8 nitrogen and oxygen atoms in total. The second kappa shape index (κ2) is 7.43. The Hall–Kier alpha value is -3.81. The lowest BCUT2D eigenvalue weighted by Gasteiger charge is -2.09. The van der Waals surface area contributed by atoms with Crippen molar-refractivity contribution in [2.24, 2.45) is 0 Å². The Bertz CT molecular complexity index is 1140. The largest absolute Gasteiger partial charge is 0.497 e. The van der Waals surface area contributed by atoms with E-state index in [9.17, 15) is 4.79 Å². The topological polar surface area (TPSA) is 87.0 Å². The molecular formula is C20H19N5O3. The molecule has 0 fully saturated rings. The lowest BCUT2D eigenvalue weighted by Crippen LogP contribution is -2.24. The van der Waals surface area contributed by atoms with Crippen LogP contribution in [-0.4, -0.2) is 38.8 Å². The zero-order valence-electron chi connectivity index (χ0n) is 15.5. The lowest BCUT2D eigenvalue weighted by atomic mass is 10.1. The van der Waals surface area contributed by atoms with Gasteiger partial charge >= 0.3 is 5.69 Å². The molecule has 2 aromatic carbocycles. The number of benzene rings is 2. The third-order valence-electron chi connectivity index (χ3n) is 4.46. The maximum Gasteiger partial charge on any atom is 0.350 e. The quantitative estimate of drug-likeness (QED) is 0.558. The first kappa shape index (κ1) is 17.6. The molecule has 1 N–H and O–H groups in total. The standard InChI is InChI=1S/C20H19N5O3/c1-27-17-5-3-4-14(8-17)12-24-13-23-25(20(24)26)16-6-7-18(19(9-16)28-2)15-10-21-22-11-15/h3-11,13H,12H2,1-2H3,(H,21,22). The minimum Gasteiger partial charge on any atom is -0.497 e. The van der Waals surface area contributed by atoms with E-state index in [4.69, 9.17) is 9.47 Å². The van der Waals surface area contributed by atoms with Crippen LogP contribution in [0.3, 0.4) is 0 Å². The average molecular weight is 377 g/mol. The van der Waals surface area contributed by atoms with Gasteiger partial charge in [0.15, 0.2) is 0 Å². The molecule has 0 radical (unpaired) electrons. The molecule has 0 spiro atoms. The fourth-order valence-corrected chi connectivity index (χ4v) is 3.04. The number of H-pyrrole nitrogens is 1. The highest BCUT2D eigenvalue weighted by Gasteiger charge is 2.12. The van der Waals surface area contributed by atoms with Crippen LogP contribution in [-0.2, 0) is 6.54 Å². The van der Waals surface area contributed by atoms with E-state index >= 15 is 0 Å². The van der Waals surface area contributed by atoms with E-state index < -0.39 is 0 Å². The maximum atomic E-state index is 12.8. The smallest absolute Gasteiger partial charge is 0.350 e. The molecule has 0 bridgehead atoms. The Morgan fingerprint density at radius 2 is 2.00 bits per heavy atom. The first-order valence-corrected chi connectivity index (χ1v) is 8.64. The van der Waals surface area contributed by atoms with Gasteiger partial charge in [0.25, 0.3) is 0 Å². The molecule has 0 aliphatic carbocycles. The number of rotatable bonds is 6. The number of nitrogens with one attached hydrogen (secondary N) is 1. The molecule has 0 amide bonds. The molecule has 8 heteroatoms. The summed E-state index contributed by atoms with van der Waals surface area (Å²) in [6.07, 6.45) is 5.03. The van der Waals surface area contributed by atoms with Crippen molar-refractivity contribution in [2.75, 3.05) is 14.2 Å². The van der Waals surface area contributed by atoms with Crippen LogP contribution in [0.25, 0.3) is 16.8 Å². The first-order chi connectivity index (χ1) is 13.7. The molecule has 0 saturated heterocycles. The number of aromatic nitrogens is 5. The first-order valence-electron chi connectivity index (χ1n) is 8.64. The zero-order chi connectivity index (χ0) is 19.5. The maximum absolute atomic E-state index is 12.8. The van der Waals surface area contributed by atoms with Crippen molar-refractivity contribution < 1.29 is 9.47 Å². The summed E-state index contributed by atoms with van der Waals surface area (Å²) in [7, 11) is 3.21. The summed E-state index contributed by atoms with van der Waals surface area (Å²) in [5.74, 6) is 1.38. The number of nitrogens with zero attached hydrogens (tertiary/aromatic N) is 4. The minimum absolute atomic E-state index is 0.235. The number of hydrogen-bond acceptors (Lipinski definition) is 5. The molecule has 0 saturated carbocycles. The van der Waals surface area contributed by atoms with Crippen molar-refractivity contribution in [3.63, 3.8) is 0 Å². The van der Waals surface area contributed by atoms with E-state index in [0.29, 0.717) is 18.0 Å². The zero-order valence-corrected chi connectivity index (χ0v) is 15.5. The highest BCUT2D eigenvalue weighted by atomic mass is 16.5. The Morgan fingerprint density at radius 1 is 1.11 bits per heavy atom.